The van der Waals surface area contributed by atoms with Crippen molar-refractivity contribution in [2.45, 2.75) is 49.8 Å². The standard InChI is InChI=1S/C22H23N3O4S2/c26-19(23-15-4-2-1-3-5-15)12-31-22-24-16-8-9-30-20(16)21(27)25(22)11-14-6-7-17-18(10-14)29-13-28-17/h6-10,15H,1-5,11-13H2,(H,23,26). The molecule has 7 nitrogen and oxygen atoms in total. The maximum absolute atomic E-state index is 13.2. The Kier molecular flexibility index (Phi) is 5.87. The Hall–Kier alpha value is -2.52. The summed E-state index contributed by atoms with van der Waals surface area (Å²) in [5.74, 6) is 1.61. The van der Waals surface area contributed by atoms with E-state index in [-0.39, 0.29) is 30.1 Å². The summed E-state index contributed by atoms with van der Waals surface area (Å²) in [6.45, 7) is 0.557. The zero-order valence-corrected chi connectivity index (χ0v) is 18.6. The van der Waals surface area contributed by atoms with Gasteiger partial charge in [0.1, 0.15) is 4.70 Å². The van der Waals surface area contributed by atoms with Crippen molar-refractivity contribution in [2.75, 3.05) is 12.5 Å². The zero-order valence-electron chi connectivity index (χ0n) is 17.0. The number of carbonyl (C=O) groups excluding carboxylic acids is 1. The van der Waals surface area contributed by atoms with Gasteiger partial charge in [-0.1, -0.05) is 37.1 Å². The highest BCUT2D eigenvalue weighted by molar-refractivity contribution is 7.99. The second kappa shape index (κ2) is 8.92. The van der Waals surface area contributed by atoms with Gasteiger partial charge in [0.25, 0.3) is 5.56 Å². The Balaban J connectivity index is 1.37. The Labute approximate surface area is 187 Å². The lowest BCUT2D eigenvalue weighted by atomic mass is 9.95. The maximum Gasteiger partial charge on any atom is 0.272 e. The number of aromatic nitrogens is 2. The molecule has 1 amide bonds. The first-order valence-corrected chi connectivity index (χ1v) is 12.3. The van der Waals surface area contributed by atoms with E-state index >= 15 is 0 Å². The fourth-order valence-corrected chi connectivity index (χ4v) is 5.63. The number of hydrogen-bond acceptors (Lipinski definition) is 7. The van der Waals surface area contributed by atoms with Crippen LogP contribution in [-0.2, 0) is 11.3 Å². The SMILES string of the molecule is O=C(CSc1nc2ccsc2c(=O)n1Cc1ccc2c(c1)OCO2)NC1CCCCC1. The average molecular weight is 458 g/mol. The lowest BCUT2D eigenvalue weighted by Crippen LogP contribution is -2.37. The summed E-state index contributed by atoms with van der Waals surface area (Å²) in [6.07, 6.45) is 5.68. The molecular weight excluding hydrogens is 434 g/mol. The molecule has 3 aromatic rings. The van der Waals surface area contributed by atoms with E-state index in [0.29, 0.717) is 33.4 Å². The van der Waals surface area contributed by atoms with Crippen molar-refractivity contribution >= 4 is 39.2 Å². The number of hydrogen-bond donors (Lipinski definition) is 1. The van der Waals surface area contributed by atoms with Crippen molar-refractivity contribution in [3.8, 4) is 11.5 Å². The van der Waals surface area contributed by atoms with Crippen molar-refractivity contribution in [1.82, 2.24) is 14.9 Å². The fraction of sp³-hybridized carbons (Fsp3) is 0.409. The molecule has 1 saturated carbocycles. The summed E-state index contributed by atoms with van der Waals surface area (Å²) < 4.78 is 13.1. The third kappa shape index (κ3) is 4.43. The summed E-state index contributed by atoms with van der Waals surface area (Å²) in [5.41, 5.74) is 1.50. The minimum atomic E-state index is -0.0899. The van der Waals surface area contributed by atoms with Gasteiger partial charge in [0.2, 0.25) is 12.7 Å². The topological polar surface area (TPSA) is 82.5 Å². The van der Waals surface area contributed by atoms with Gasteiger partial charge in [-0.3, -0.25) is 14.2 Å². The van der Waals surface area contributed by atoms with Crippen LogP contribution in [0.3, 0.4) is 0 Å². The van der Waals surface area contributed by atoms with E-state index in [0.717, 1.165) is 18.4 Å². The van der Waals surface area contributed by atoms with E-state index in [2.05, 4.69) is 10.3 Å². The molecule has 1 fully saturated rings. The molecule has 0 bridgehead atoms. The monoisotopic (exact) mass is 457 g/mol. The normalized spacial score (nSPS) is 16.0. The minimum absolute atomic E-state index is 0.00815. The summed E-state index contributed by atoms with van der Waals surface area (Å²) in [7, 11) is 0. The minimum Gasteiger partial charge on any atom is -0.454 e. The molecule has 3 heterocycles. The van der Waals surface area contributed by atoms with Crippen LogP contribution in [0.1, 0.15) is 37.7 Å². The number of rotatable bonds is 6. The molecule has 0 atom stereocenters. The van der Waals surface area contributed by atoms with Gasteiger partial charge in [0.15, 0.2) is 16.7 Å². The van der Waals surface area contributed by atoms with E-state index in [9.17, 15) is 9.59 Å². The number of ether oxygens (including phenoxy) is 2. The van der Waals surface area contributed by atoms with Crippen LogP contribution in [0.15, 0.2) is 39.6 Å². The van der Waals surface area contributed by atoms with E-state index in [1.165, 1.54) is 42.4 Å². The molecule has 1 aliphatic heterocycles. The third-order valence-electron chi connectivity index (χ3n) is 5.61. The number of nitrogens with zero attached hydrogens (tertiary/aromatic N) is 2. The highest BCUT2D eigenvalue weighted by atomic mass is 32.2. The molecule has 9 heteroatoms. The quantitative estimate of drug-likeness (QED) is 0.448. The Morgan fingerprint density at radius 3 is 2.90 bits per heavy atom. The largest absolute Gasteiger partial charge is 0.454 e. The fourth-order valence-electron chi connectivity index (χ4n) is 4.04. The maximum atomic E-state index is 13.2. The Bertz CT molecular complexity index is 1170. The van der Waals surface area contributed by atoms with Crippen LogP contribution >= 0.6 is 23.1 Å². The molecular formula is C22H23N3O4S2. The molecule has 0 spiro atoms. The predicted octanol–water partition coefficient (Wildman–Crippen LogP) is 3.78. The van der Waals surface area contributed by atoms with Gasteiger partial charge in [-0.2, -0.15) is 0 Å². The Morgan fingerprint density at radius 2 is 2.03 bits per heavy atom. The second-order valence-corrected chi connectivity index (χ2v) is 9.66. The van der Waals surface area contributed by atoms with E-state index in [4.69, 9.17) is 9.47 Å². The number of fused-ring (bicyclic) bond motifs is 2. The first-order valence-electron chi connectivity index (χ1n) is 10.5. The molecule has 5 rings (SSSR count). The molecule has 2 aromatic heterocycles. The van der Waals surface area contributed by atoms with Gasteiger partial charge in [-0.05, 0) is 42.0 Å². The van der Waals surface area contributed by atoms with Crippen molar-refractivity contribution in [1.29, 1.82) is 0 Å². The van der Waals surface area contributed by atoms with Crippen LogP contribution < -0.4 is 20.3 Å². The molecule has 1 N–H and O–H groups in total. The van der Waals surface area contributed by atoms with Crippen LogP contribution in [0.5, 0.6) is 11.5 Å². The predicted molar refractivity (Wildman–Crippen MR) is 121 cm³/mol. The number of benzene rings is 1. The van der Waals surface area contributed by atoms with Crippen LogP contribution in [0.4, 0.5) is 0 Å². The second-order valence-electron chi connectivity index (χ2n) is 7.80. The zero-order chi connectivity index (χ0) is 21.2. The van der Waals surface area contributed by atoms with Gasteiger partial charge < -0.3 is 14.8 Å². The van der Waals surface area contributed by atoms with E-state index in [1.807, 2.05) is 29.6 Å². The van der Waals surface area contributed by atoms with E-state index < -0.39 is 0 Å². The lowest BCUT2D eigenvalue weighted by Gasteiger charge is -2.22. The first kappa shape index (κ1) is 20.4. The molecule has 1 aromatic carbocycles. The van der Waals surface area contributed by atoms with Crippen LogP contribution in [0, 0.1) is 0 Å². The smallest absolute Gasteiger partial charge is 0.272 e. The first-order chi connectivity index (χ1) is 15.2. The van der Waals surface area contributed by atoms with Crippen molar-refractivity contribution < 1.29 is 14.3 Å². The Morgan fingerprint density at radius 1 is 1.19 bits per heavy atom. The molecule has 0 saturated heterocycles. The average Bonchev–Trinajstić information content (AvgIpc) is 3.44. The van der Waals surface area contributed by atoms with Crippen molar-refractivity contribution in [3.05, 3.63) is 45.6 Å². The number of thioether (sulfide) groups is 1. The number of thiophene rings is 1. The molecule has 162 valence electrons. The summed E-state index contributed by atoms with van der Waals surface area (Å²) in [4.78, 5) is 30.4. The highest BCUT2D eigenvalue weighted by Gasteiger charge is 2.19. The van der Waals surface area contributed by atoms with Crippen molar-refractivity contribution in [2.24, 2.45) is 0 Å². The molecule has 0 unspecified atom stereocenters. The highest BCUT2D eigenvalue weighted by Crippen LogP contribution is 2.33. The van der Waals surface area contributed by atoms with Gasteiger partial charge in [-0.25, -0.2) is 4.98 Å². The molecule has 0 radical (unpaired) electrons. The summed E-state index contributed by atoms with van der Waals surface area (Å²) >= 11 is 2.70. The number of carbonyl (C=O) groups is 1. The number of nitrogens with one attached hydrogen (secondary N) is 1. The molecule has 31 heavy (non-hydrogen) atoms. The lowest BCUT2D eigenvalue weighted by molar-refractivity contribution is -0.119. The van der Waals surface area contributed by atoms with Gasteiger partial charge in [-0.15, -0.1) is 11.3 Å². The molecule has 1 aliphatic carbocycles. The summed E-state index contributed by atoms with van der Waals surface area (Å²) in [6, 6.07) is 7.77. The summed E-state index contributed by atoms with van der Waals surface area (Å²) in [5, 5.41) is 5.55. The molecule has 2 aliphatic rings. The number of amides is 1. The van der Waals surface area contributed by atoms with Crippen molar-refractivity contribution in [3.63, 3.8) is 0 Å². The van der Waals surface area contributed by atoms with Gasteiger partial charge in [0.05, 0.1) is 17.8 Å². The van der Waals surface area contributed by atoms with Crippen LogP contribution in [-0.4, -0.2) is 34.0 Å². The van der Waals surface area contributed by atoms with Gasteiger partial charge >= 0.3 is 0 Å². The van der Waals surface area contributed by atoms with Crippen LogP contribution in [0.2, 0.25) is 0 Å². The van der Waals surface area contributed by atoms with E-state index in [1.54, 1.807) is 4.57 Å². The third-order valence-corrected chi connectivity index (χ3v) is 7.48. The van der Waals surface area contributed by atoms with Gasteiger partial charge in [0, 0.05) is 6.04 Å². The van der Waals surface area contributed by atoms with Crippen LogP contribution in [0.25, 0.3) is 10.2 Å².